The standard InChI is InChI=1S/C29H30Cl2N2O4/c1-3-5-24(29(35)36-4-2)33-26(20-6-10-22(30)11-7-20)27(21-8-12-23(31)13-9-21)37-25(28(33)34)18-19-14-16-32-17-15-19/h6-17,24-27H,3-5,18H2,1-2H3/t24?,25-,26+,27-/m1/s1. The zero-order valence-corrected chi connectivity index (χ0v) is 22.4. The first-order valence-electron chi connectivity index (χ1n) is 12.5. The van der Waals surface area contributed by atoms with E-state index in [0.717, 1.165) is 16.7 Å². The second kappa shape index (κ2) is 12.5. The first kappa shape index (κ1) is 27.1. The van der Waals surface area contributed by atoms with Crippen molar-refractivity contribution >= 4 is 35.1 Å². The van der Waals surface area contributed by atoms with E-state index < -0.39 is 30.3 Å². The molecule has 1 aliphatic rings. The van der Waals surface area contributed by atoms with Gasteiger partial charge in [-0.3, -0.25) is 9.78 Å². The van der Waals surface area contributed by atoms with Crippen LogP contribution in [0.2, 0.25) is 10.0 Å². The predicted molar refractivity (Wildman–Crippen MR) is 143 cm³/mol. The van der Waals surface area contributed by atoms with Crippen LogP contribution in [-0.4, -0.2) is 40.5 Å². The summed E-state index contributed by atoms with van der Waals surface area (Å²) in [4.78, 5) is 33.2. The molecule has 1 fully saturated rings. The lowest BCUT2D eigenvalue weighted by atomic mass is 9.88. The van der Waals surface area contributed by atoms with E-state index in [9.17, 15) is 9.59 Å². The Morgan fingerprint density at radius 1 is 0.973 bits per heavy atom. The van der Waals surface area contributed by atoms with Gasteiger partial charge in [0.15, 0.2) is 0 Å². The van der Waals surface area contributed by atoms with Crippen molar-refractivity contribution in [2.45, 2.75) is 57.4 Å². The van der Waals surface area contributed by atoms with Gasteiger partial charge in [0.2, 0.25) is 0 Å². The van der Waals surface area contributed by atoms with Gasteiger partial charge in [0.25, 0.3) is 5.91 Å². The van der Waals surface area contributed by atoms with Gasteiger partial charge in [-0.1, -0.05) is 60.8 Å². The third-order valence-electron chi connectivity index (χ3n) is 6.46. The van der Waals surface area contributed by atoms with Crippen molar-refractivity contribution in [1.82, 2.24) is 9.88 Å². The van der Waals surface area contributed by atoms with E-state index in [1.54, 1.807) is 48.5 Å². The van der Waals surface area contributed by atoms with E-state index in [1.807, 2.05) is 43.3 Å². The second-order valence-corrected chi connectivity index (χ2v) is 9.83. The summed E-state index contributed by atoms with van der Waals surface area (Å²) >= 11 is 12.4. The molecule has 1 saturated heterocycles. The number of nitrogens with zero attached hydrogens (tertiary/aromatic N) is 2. The van der Waals surface area contributed by atoms with Crippen molar-refractivity contribution in [2.24, 2.45) is 0 Å². The Balaban J connectivity index is 1.86. The number of morpholine rings is 1. The molecule has 0 N–H and O–H groups in total. The van der Waals surface area contributed by atoms with Gasteiger partial charge in [0.1, 0.15) is 18.2 Å². The van der Waals surface area contributed by atoms with Gasteiger partial charge in [-0.05, 0) is 66.4 Å². The quantitative estimate of drug-likeness (QED) is 0.295. The van der Waals surface area contributed by atoms with E-state index in [2.05, 4.69) is 4.98 Å². The summed E-state index contributed by atoms with van der Waals surface area (Å²) in [5.41, 5.74) is 2.57. The molecule has 1 aliphatic heterocycles. The predicted octanol–water partition coefficient (Wildman–Crippen LogP) is 6.37. The number of carbonyl (C=O) groups excluding carboxylic acids is 2. The molecule has 1 amide bonds. The average molecular weight is 541 g/mol. The highest BCUT2D eigenvalue weighted by atomic mass is 35.5. The molecule has 0 aliphatic carbocycles. The van der Waals surface area contributed by atoms with Gasteiger partial charge < -0.3 is 14.4 Å². The zero-order chi connectivity index (χ0) is 26.4. The molecule has 4 rings (SSSR count). The molecule has 37 heavy (non-hydrogen) atoms. The molecule has 4 atom stereocenters. The molecule has 2 aromatic carbocycles. The highest BCUT2D eigenvalue weighted by molar-refractivity contribution is 6.30. The Morgan fingerprint density at radius 2 is 1.57 bits per heavy atom. The van der Waals surface area contributed by atoms with Crippen molar-refractivity contribution < 1.29 is 19.1 Å². The van der Waals surface area contributed by atoms with Gasteiger partial charge in [-0.25, -0.2) is 4.79 Å². The third-order valence-corrected chi connectivity index (χ3v) is 6.97. The molecule has 8 heteroatoms. The van der Waals surface area contributed by atoms with Crippen LogP contribution >= 0.6 is 23.2 Å². The Morgan fingerprint density at radius 3 is 2.14 bits per heavy atom. The lowest BCUT2D eigenvalue weighted by Crippen LogP contribution is -2.57. The number of rotatable bonds is 9. The molecular formula is C29H30Cl2N2O4. The molecule has 0 spiro atoms. The van der Waals surface area contributed by atoms with Crippen molar-refractivity contribution in [1.29, 1.82) is 0 Å². The van der Waals surface area contributed by atoms with Crippen molar-refractivity contribution in [3.05, 3.63) is 99.8 Å². The first-order valence-corrected chi connectivity index (χ1v) is 13.2. The molecule has 194 valence electrons. The zero-order valence-electron chi connectivity index (χ0n) is 20.8. The first-order chi connectivity index (χ1) is 17.9. The summed E-state index contributed by atoms with van der Waals surface area (Å²) in [6.07, 6.45) is 3.51. The molecular weight excluding hydrogens is 511 g/mol. The van der Waals surface area contributed by atoms with Gasteiger partial charge in [-0.15, -0.1) is 0 Å². The smallest absolute Gasteiger partial charge is 0.328 e. The number of hydrogen-bond acceptors (Lipinski definition) is 5. The minimum absolute atomic E-state index is 0.226. The van der Waals surface area contributed by atoms with E-state index in [0.29, 0.717) is 29.3 Å². The Bertz CT molecular complexity index is 1190. The van der Waals surface area contributed by atoms with Crippen LogP contribution in [0.1, 0.15) is 55.5 Å². The van der Waals surface area contributed by atoms with E-state index in [1.165, 1.54) is 0 Å². The molecule has 3 aromatic rings. The minimum atomic E-state index is -0.805. The number of carbonyl (C=O) groups is 2. The summed E-state index contributed by atoms with van der Waals surface area (Å²) in [7, 11) is 0. The van der Waals surface area contributed by atoms with Crippen LogP contribution in [0.3, 0.4) is 0 Å². The normalized spacial score (nSPS) is 20.5. The minimum Gasteiger partial charge on any atom is -0.464 e. The maximum Gasteiger partial charge on any atom is 0.328 e. The number of ether oxygens (including phenoxy) is 2. The van der Waals surface area contributed by atoms with Crippen LogP contribution in [0, 0.1) is 0 Å². The monoisotopic (exact) mass is 540 g/mol. The van der Waals surface area contributed by atoms with Crippen molar-refractivity contribution in [3.8, 4) is 0 Å². The molecule has 0 bridgehead atoms. The molecule has 0 radical (unpaired) electrons. The number of amides is 1. The van der Waals surface area contributed by atoms with Gasteiger partial charge >= 0.3 is 5.97 Å². The Kier molecular flexibility index (Phi) is 9.19. The molecule has 1 aromatic heterocycles. The summed E-state index contributed by atoms with van der Waals surface area (Å²) in [5, 5.41) is 1.17. The van der Waals surface area contributed by atoms with Crippen LogP contribution in [0.15, 0.2) is 73.1 Å². The van der Waals surface area contributed by atoms with Crippen LogP contribution < -0.4 is 0 Å². The fourth-order valence-electron chi connectivity index (χ4n) is 4.77. The number of halogens is 2. The second-order valence-electron chi connectivity index (χ2n) is 8.95. The summed E-state index contributed by atoms with van der Waals surface area (Å²) in [5.74, 6) is -0.676. The molecule has 6 nitrogen and oxygen atoms in total. The fourth-order valence-corrected chi connectivity index (χ4v) is 5.02. The van der Waals surface area contributed by atoms with E-state index >= 15 is 0 Å². The number of hydrogen-bond donors (Lipinski definition) is 0. The van der Waals surface area contributed by atoms with Crippen molar-refractivity contribution in [3.63, 3.8) is 0 Å². The van der Waals surface area contributed by atoms with Crippen LogP contribution in [0.25, 0.3) is 0 Å². The van der Waals surface area contributed by atoms with E-state index in [4.69, 9.17) is 32.7 Å². The summed E-state index contributed by atoms with van der Waals surface area (Å²) in [6.45, 7) is 3.98. The van der Waals surface area contributed by atoms with Gasteiger partial charge in [0, 0.05) is 28.9 Å². The fraction of sp³-hybridized carbons (Fsp3) is 0.345. The highest BCUT2D eigenvalue weighted by Crippen LogP contribution is 2.44. The number of aromatic nitrogens is 1. The van der Waals surface area contributed by atoms with Gasteiger partial charge in [0.05, 0.1) is 12.6 Å². The van der Waals surface area contributed by atoms with Crippen molar-refractivity contribution in [2.75, 3.05) is 6.61 Å². The summed E-state index contributed by atoms with van der Waals surface area (Å²) in [6, 6.07) is 17.1. The Hall–Kier alpha value is -2.93. The lowest BCUT2D eigenvalue weighted by Gasteiger charge is -2.47. The Labute approximate surface area is 227 Å². The highest BCUT2D eigenvalue weighted by Gasteiger charge is 2.48. The average Bonchev–Trinajstić information content (AvgIpc) is 2.90. The summed E-state index contributed by atoms with van der Waals surface area (Å²) < 4.78 is 12.0. The molecule has 1 unspecified atom stereocenters. The SMILES string of the molecule is CCCC(C(=O)OCC)N1C(=O)[C@@H](Cc2ccncc2)O[C@H](c2ccc(Cl)cc2)[C@@H]1c1ccc(Cl)cc1. The number of pyridine rings is 1. The van der Waals surface area contributed by atoms with Gasteiger partial charge in [-0.2, -0.15) is 0 Å². The third kappa shape index (κ3) is 6.32. The largest absolute Gasteiger partial charge is 0.464 e. The maximum atomic E-state index is 14.2. The van der Waals surface area contributed by atoms with Crippen LogP contribution in [-0.2, 0) is 25.5 Å². The topological polar surface area (TPSA) is 68.7 Å². The van der Waals surface area contributed by atoms with E-state index in [-0.39, 0.29) is 12.5 Å². The molecule has 2 heterocycles. The molecule has 0 saturated carbocycles. The van der Waals surface area contributed by atoms with Crippen LogP contribution in [0.4, 0.5) is 0 Å². The van der Waals surface area contributed by atoms with Crippen LogP contribution in [0.5, 0.6) is 0 Å². The maximum absolute atomic E-state index is 14.2. The number of benzene rings is 2. The number of esters is 1. The lowest BCUT2D eigenvalue weighted by molar-refractivity contribution is -0.186.